The number of thiophene rings is 1. The molecule has 0 aliphatic carbocycles. The Morgan fingerprint density at radius 2 is 2.32 bits per heavy atom. The molecule has 0 aliphatic rings. The van der Waals surface area contributed by atoms with E-state index in [4.69, 9.17) is 5.11 Å². The van der Waals surface area contributed by atoms with Crippen LogP contribution in [-0.2, 0) is 13.0 Å². The van der Waals surface area contributed by atoms with Crippen molar-refractivity contribution in [2.75, 3.05) is 5.32 Å². The predicted molar refractivity (Wildman–Crippen MR) is 76.8 cm³/mol. The molecule has 2 aromatic rings. The van der Waals surface area contributed by atoms with E-state index in [0.717, 1.165) is 18.5 Å². The molecule has 0 atom stereocenters. The minimum Gasteiger partial charge on any atom is -0.478 e. The number of aromatic nitrogens is 1. The number of aryl methyl sites for hydroxylation is 1. The molecule has 0 amide bonds. The number of carboxylic acid groups (broad SMARTS) is 1. The third-order valence-corrected chi connectivity index (χ3v) is 3.42. The SMILES string of the molecule is CCCc1cc(C(=O)O)cc(NCc2ccsc2)n1. The van der Waals surface area contributed by atoms with Crippen molar-refractivity contribution in [2.45, 2.75) is 26.3 Å². The van der Waals surface area contributed by atoms with Gasteiger partial charge in [0.05, 0.1) is 5.56 Å². The van der Waals surface area contributed by atoms with Crippen LogP contribution in [0, 0.1) is 0 Å². The number of nitrogens with one attached hydrogen (secondary N) is 1. The van der Waals surface area contributed by atoms with E-state index >= 15 is 0 Å². The Labute approximate surface area is 116 Å². The van der Waals surface area contributed by atoms with Crippen molar-refractivity contribution >= 4 is 23.1 Å². The van der Waals surface area contributed by atoms with Gasteiger partial charge in [0, 0.05) is 12.2 Å². The van der Waals surface area contributed by atoms with Crippen molar-refractivity contribution in [3.63, 3.8) is 0 Å². The molecule has 0 unspecified atom stereocenters. The molecule has 2 heterocycles. The summed E-state index contributed by atoms with van der Waals surface area (Å²) < 4.78 is 0. The van der Waals surface area contributed by atoms with Gasteiger partial charge in [0.25, 0.3) is 0 Å². The molecule has 0 saturated carbocycles. The fraction of sp³-hybridized carbons (Fsp3) is 0.286. The van der Waals surface area contributed by atoms with Crippen LogP contribution in [0.25, 0.3) is 0 Å². The summed E-state index contributed by atoms with van der Waals surface area (Å²) in [5.74, 6) is -0.298. The van der Waals surface area contributed by atoms with E-state index in [0.29, 0.717) is 12.4 Å². The third-order valence-electron chi connectivity index (χ3n) is 2.69. The molecule has 0 bridgehead atoms. The maximum atomic E-state index is 11.1. The van der Waals surface area contributed by atoms with Gasteiger partial charge in [0.1, 0.15) is 5.82 Å². The number of pyridine rings is 1. The van der Waals surface area contributed by atoms with Crippen molar-refractivity contribution < 1.29 is 9.90 Å². The molecule has 0 aromatic carbocycles. The van der Waals surface area contributed by atoms with E-state index in [9.17, 15) is 4.79 Å². The summed E-state index contributed by atoms with van der Waals surface area (Å²) >= 11 is 1.64. The summed E-state index contributed by atoms with van der Waals surface area (Å²) in [6.07, 6.45) is 1.73. The van der Waals surface area contributed by atoms with E-state index in [-0.39, 0.29) is 5.56 Å². The number of hydrogen-bond acceptors (Lipinski definition) is 4. The van der Waals surface area contributed by atoms with Gasteiger partial charge in [0.2, 0.25) is 0 Å². The smallest absolute Gasteiger partial charge is 0.335 e. The number of carboxylic acids is 1. The molecule has 0 saturated heterocycles. The zero-order chi connectivity index (χ0) is 13.7. The van der Waals surface area contributed by atoms with Gasteiger partial charge in [0.15, 0.2) is 0 Å². The minimum absolute atomic E-state index is 0.284. The zero-order valence-electron chi connectivity index (χ0n) is 10.7. The second-order valence-electron chi connectivity index (χ2n) is 4.27. The van der Waals surface area contributed by atoms with E-state index in [1.54, 1.807) is 23.5 Å². The minimum atomic E-state index is -0.918. The van der Waals surface area contributed by atoms with Gasteiger partial charge in [-0.1, -0.05) is 13.3 Å². The number of rotatable bonds is 6. The zero-order valence-corrected chi connectivity index (χ0v) is 11.5. The highest BCUT2D eigenvalue weighted by Crippen LogP contribution is 2.14. The summed E-state index contributed by atoms with van der Waals surface area (Å²) in [5, 5.41) is 16.3. The molecule has 19 heavy (non-hydrogen) atoms. The lowest BCUT2D eigenvalue weighted by Crippen LogP contribution is -2.06. The van der Waals surface area contributed by atoms with Gasteiger partial charge in [-0.25, -0.2) is 9.78 Å². The Balaban J connectivity index is 2.16. The lowest BCUT2D eigenvalue weighted by molar-refractivity contribution is 0.0696. The van der Waals surface area contributed by atoms with Crippen LogP contribution in [0.1, 0.15) is 35.0 Å². The summed E-state index contributed by atoms with van der Waals surface area (Å²) in [6, 6.07) is 5.25. The molecule has 0 aliphatic heterocycles. The molecular formula is C14H16N2O2S. The van der Waals surface area contributed by atoms with Crippen molar-refractivity contribution in [2.24, 2.45) is 0 Å². The Hall–Kier alpha value is -1.88. The Morgan fingerprint density at radius 1 is 1.47 bits per heavy atom. The molecule has 4 nitrogen and oxygen atoms in total. The highest BCUT2D eigenvalue weighted by Gasteiger charge is 2.08. The van der Waals surface area contributed by atoms with Crippen LogP contribution in [0.4, 0.5) is 5.82 Å². The van der Waals surface area contributed by atoms with Crippen LogP contribution in [-0.4, -0.2) is 16.1 Å². The Bertz CT molecular complexity index is 553. The lowest BCUT2D eigenvalue weighted by atomic mass is 10.1. The summed E-state index contributed by atoms with van der Waals surface area (Å²) in [7, 11) is 0. The Morgan fingerprint density at radius 3 is 2.95 bits per heavy atom. The van der Waals surface area contributed by atoms with Gasteiger partial charge in [-0.2, -0.15) is 11.3 Å². The largest absolute Gasteiger partial charge is 0.478 e. The molecule has 2 N–H and O–H groups in total. The van der Waals surface area contributed by atoms with Crippen LogP contribution < -0.4 is 5.32 Å². The molecule has 5 heteroatoms. The predicted octanol–water partition coefficient (Wildman–Crippen LogP) is 3.41. The molecule has 2 aromatic heterocycles. The first-order chi connectivity index (χ1) is 9.19. The van der Waals surface area contributed by atoms with Gasteiger partial charge in [-0.05, 0) is 40.9 Å². The molecular weight excluding hydrogens is 260 g/mol. The first-order valence-electron chi connectivity index (χ1n) is 6.18. The maximum Gasteiger partial charge on any atom is 0.335 e. The van der Waals surface area contributed by atoms with Crippen LogP contribution in [0.15, 0.2) is 29.0 Å². The van der Waals surface area contributed by atoms with Crippen LogP contribution in [0.2, 0.25) is 0 Å². The second kappa shape index (κ2) is 6.33. The molecule has 0 fully saturated rings. The van der Waals surface area contributed by atoms with Crippen LogP contribution >= 0.6 is 11.3 Å². The molecule has 0 spiro atoms. The van der Waals surface area contributed by atoms with E-state index < -0.39 is 5.97 Å². The van der Waals surface area contributed by atoms with Gasteiger partial charge < -0.3 is 10.4 Å². The molecule has 0 radical (unpaired) electrons. The van der Waals surface area contributed by atoms with Crippen molar-refractivity contribution in [3.8, 4) is 0 Å². The van der Waals surface area contributed by atoms with Crippen molar-refractivity contribution in [3.05, 3.63) is 45.8 Å². The monoisotopic (exact) mass is 276 g/mol. The van der Waals surface area contributed by atoms with Crippen molar-refractivity contribution in [1.82, 2.24) is 4.98 Å². The average Bonchev–Trinajstić information content (AvgIpc) is 2.89. The number of aromatic carboxylic acids is 1. The number of nitrogens with zero attached hydrogens (tertiary/aromatic N) is 1. The average molecular weight is 276 g/mol. The first-order valence-corrected chi connectivity index (χ1v) is 7.12. The fourth-order valence-electron chi connectivity index (χ4n) is 1.77. The normalized spacial score (nSPS) is 10.4. The maximum absolute atomic E-state index is 11.1. The van der Waals surface area contributed by atoms with Crippen LogP contribution in [0.5, 0.6) is 0 Å². The number of anilines is 1. The van der Waals surface area contributed by atoms with E-state index in [1.807, 2.05) is 18.4 Å². The number of carbonyl (C=O) groups is 1. The van der Waals surface area contributed by atoms with Gasteiger partial charge in [-0.15, -0.1) is 0 Å². The topological polar surface area (TPSA) is 62.2 Å². The number of hydrogen-bond donors (Lipinski definition) is 2. The van der Waals surface area contributed by atoms with Gasteiger partial charge in [-0.3, -0.25) is 0 Å². The molecule has 100 valence electrons. The summed E-state index contributed by atoms with van der Waals surface area (Å²) in [4.78, 5) is 15.5. The fourth-order valence-corrected chi connectivity index (χ4v) is 2.44. The standard InChI is InChI=1S/C14H16N2O2S/c1-2-3-12-6-11(14(17)18)7-13(16-12)15-8-10-4-5-19-9-10/h4-7,9H,2-3,8H2,1H3,(H,15,16)(H,17,18). The lowest BCUT2D eigenvalue weighted by Gasteiger charge is -2.08. The summed E-state index contributed by atoms with van der Waals surface area (Å²) in [5.41, 5.74) is 2.27. The quantitative estimate of drug-likeness (QED) is 0.848. The molecule has 2 rings (SSSR count). The Kier molecular flexibility index (Phi) is 4.52. The van der Waals surface area contributed by atoms with Crippen LogP contribution in [0.3, 0.4) is 0 Å². The second-order valence-corrected chi connectivity index (χ2v) is 5.05. The van der Waals surface area contributed by atoms with E-state index in [1.165, 1.54) is 5.56 Å². The van der Waals surface area contributed by atoms with E-state index in [2.05, 4.69) is 15.7 Å². The third kappa shape index (κ3) is 3.79. The van der Waals surface area contributed by atoms with Gasteiger partial charge >= 0.3 is 5.97 Å². The van der Waals surface area contributed by atoms with Crippen molar-refractivity contribution in [1.29, 1.82) is 0 Å². The first kappa shape index (κ1) is 13.5. The highest BCUT2D eigenvalue weighted by atomic mass is 32.1. The highest BCUT2D eigenvalue weighted by molar-refractivity contribution is 7.07. The summed E-state index contributed by atoms with van der Waals surface area (Å²) in [6.45, 7) is 2.71.